The number of halogens is 6. The van der Waals surface area contributed by atoms with E-state index in [0.29, 0.717) is 0 Å². The van der Waals surface area contributed by atoms with Crippen molar-refractivity contribution in [3.05, 3.63) is 0 Å². The maximum atomic E-state index is 10.7. The fraction of sp³-hybridized carbons (Fsp3) is 1.00. The minimum Gasteiger partial charge on any atom is -0.741 e. The molecule has 0 aromatic heterocycles. The summed E-state index contributed by atoms with van der Waals surface area (Å²) in [5, 5.41) is 0. The average Bonchev–Trinajstić information content (AvgIpc) is 2.90. The van der Waals surface area contributed by atoms with E-state index in [4.69, 9.17) is 25.9 Å². The van der Waals surface area contributed by atoms with E-state index < -0.39 is 31.3 Å². The van der Waals surface area contributed by atoms with Crippen molar-refractivity contribution in [1.29, 1.82) is 0 Å². The first kappa shape index (κ1) is 44.4. The van der Waals surface area contributed by atoms with Crippen LogP contribution in [0.4, 0.5) is 26.3 Å². The third kappa shape index (κ3) is 20.1. The summed E-state index contributed by atoms with van der Waals surface area (Å²) in [6.45, 7) is 21.0. The lowest BCUT2D eigenvalue weighted by Crippen LogP contribution is -2.52. The van der Waals surface area contributed by atoms with Gasteiger partial charge in [-0.05, 0) is 64.2 Å². The molecule has 43 heavy (non-hydrogen) atoms. The van der Waals surface area contributed by atoms with Gasteiger partial charge in [-0.2, -0.15) is 26.3 Å². The Balaban J connectivity index is 0. The minimum atomic E-state index is -6.09. The number of nitrogens with zero attached hydrogens (tertiary/aromatic N) is 2. The fourth-order valence-electron chi connectivity index (χ4n) is 5.44. The first-order valence-electron chi connectivity index (χ1n) is 15.4. The van der Waals surface area contributed by atoms with Gasteiger partial charge in [0.15, 0.2) is 20.2 Å². The van der Waals surface area contributed by atoms with Crippen molar-refractivity contribution in [1.82, 2.24) is 0 Å². The molecule has 0 bridgehead atoms. The molecule has 0 amide bonds. The lowest BCUT2D eigenvalue weighted by atomic mass is 10.1. The van der Waals surface area contributed by atoms with Crippen LogP contribution in [-0.2, 0) is 20.2 Å². The summed E-state index contributed by atoms with van der Waals surface area (Å²) in [6, 6.07) is 0. The average molecular weight is 681 g/mol. The van der Waals surface area contributed by atoms with Crippen LogP contribution >= 0.6 is 0 Å². The van der Waals surface area contributed by atoms with Crippen LogP contribution in [0.15, 0.2) is 0 Å². The Morgan fingerprint density at radius 2 is 0.721 bits per heavy atom. The smallest absolute Gasteiger partial charge is 0.485 e. The monoisotopic (exact) mass is 680 g/mol. The fourth-order valence-corrected chi connectivity index (χ4v) is 5.44. The number of unbranched alkanes of at least 4 members (excludes halogenated alkanes) is 3. The Morgan fingerprint density at radius 3 is 0.907 bits per heavy atom. The maximum absolute atomic E-state index is 10.7. The lowest BCUT2D eigenvalue weighted by Gasteiger charge is -2.41. The molecular formula is C27H54F6N2O6S2. The molecule has 16 heteroatoms. The van der Waals surface area contributed by atoms with Crippen LogP contribution < -0.4 is 0 Å². The van der Waals surface area contributed by atoms with Gasteiger partial charge < -0.3 is 18.1 Å². The maximum Gasteiger partial charge on any atom is 0.485 e. The highest BCUT2D eigenvalue weighted by atomic mass is 32.2. The number of alkyl halides is 6. The second-order valence-electron chi connectivity index (χ2n) is 11.5. The first-order chi connectivity index (χ1) is 19.7. The van der Waals surface area contributed by atoms with Crippen molar-refractivity contribution in [2.24, 2.45) is 0 Å². The predicted molar refractivity (Wildman–Crippen MR) is 154 cm³/mol. The molecule has 0 spiro atoms. The lowest BCUT2D eigenvalue weighted by molar-refractivity contribution is -0.932. The molecule has 8 nitrogen and oxygen atoms in total. The molecule has 2 rings (SSSR count). The third-order valence-electron chi connectivity index (χ3n) is 7.75. The van der Waals surface area contributed by atoms with Gasteiger partial charge in [-0.1, -0.05) is 47.0 Å². The number of piperidine rings is 2. The molecule has 0 unspecified atom stereocenters. The van der Waals surface area contributed by atoms with Gasteiger partial charge in [-0.25, -0.2) is 16.8 Å². The van der Waals surface area contributed by atoms with Crippen LogP contribution in [-0.4, -0.2) is 98.3 Å². The van der Waals surface area contributed by atoms with Crippen LogP contribution in [0.1, 0.15) is 111 Å². The molecule has 0 aliphatic carbocycles. The number of quaternary nitrogens is 2. The molecule has 0 saturated carbocycles. The third-order valence-corrected chi connectivity index (χ3v) is 8.89. The Hall–Kier alpha value is -0.680. The van der Waals surface area contributed by atoms with E-state index in [1.54, 1.807) is 0 Å². The van der Waals surface area contributed by atoms with E-state index in [0.717, 1.165) is 0 Å². The zero-order valence-electron chi connectivity index (χ0n) is 26.3. The predicted octanol–water partition coefficient (Wildman–Crippen LogP) is 6.89. The van der Waals surface area contributed by atoms with Crippen molar-refractivity contribution in [2.45, 2.75) is 122 Å². The molecule has 0 N–H and O–H groups in total. The second-order valence-corrected chi connectivity index (χ2v) is 14.2. The zero-order valence-corrected chi connectivity index (χ0v) is 27.9. The summed E-state index contributed by atoms with van der Waals surface area (Å²) >= 11 is 0. The van der Waals surface area contributed by atoms with Crippen LogP contribution in [0.25, 0.3) is 0 Å². The van der Waals surface area contributed by atoms with Crippen LogP contribution in [0.3, 0.4) is 0 Å². The van der Waals surface area contributed by atoms with Crippen molar-refractivity contribution >= 4 is 20.2 Å². The highest BCUT2D eigenvalue weighted by Crippen LogP contribution is 2.23. The van der Waals surface area contributed by atoms with Crippen LogP contribution in [0.5, 0.6) is 0 Å². The molecule has 262 valence electrons. The molecule has 0 radical (unpaired) electrons. The summed E-state index contributed by atoms with van der Waals surface area (Å²) in [5.41, 5.74) is -11.3. The summed E-state index contributed by atoms with van der Waals surface area (Å²) < 4.78 is 121. The van der Waals surface area contributed by atoms with E-state index in [9.17, 15) is 26.3 Å². The zero-order chi connectivity index (χ0) is 33.8. The highest BCUT2D eigenvalue weighted by Gasteiger charge is 2.37. The number of hydrogen-bond donors (Lipinski definition) is 0. The molecule has 2 fully saturated rings. The van der Waals surface area contributed by atoms with E-state index >= 15 is 0 Å². The molecule has 0 atom stereocenters. The van der Waals surface area contributed by atoms with Crippen molar-refractivity contribution in [3.8, 4) is 0 Å². The molecule has 0 aromatic rings. The summed E-state index contributed by atoms with van der Waals surface area (Å²) in [7, 11) is -12.2. The first-order valence-corrected chi connectivity index (χ1v) is 18.2. The van der Waals surface area contributed by atoms with Crippen LogP contribution in [0, 0.1) is 0 Å². The van der Waals surface area contributed by atoms with Gasteiger partial charge in [0.1, 0.15) is 0 Å². The second kappa shape index (κ2) is 21.2. The van der Waals surface area contributed by atoms with E-state index in [1.165, 1.54) is 145 Å². The van der Waals surface area contributed by atoms with E-state index in [1.807, 2.05) is 0 Å². The number of hydrogen-bond acceptors (Lipinski definition) is 6. The van der Waals surface area contributed by atoms with Crippen LogP contribution in [0.2, 0.25) is 0 Å². The van der Waals surface area contributed by atoms with Gasteiger partial charge in [-0.15, -0.1) is 0 Å². The molecule has 2 heterocycles. The Kier molecular flexibility index (Phi) is 21.9. The topological polar surface area (TPSA) is 114 Å². The van der Waals surface area contributed by atoms with Gasteiger partial charge in [0, 0.05) is 0 Å². The van der Waals surface area contributed by atoms with Gasteiger partial charge in [0.05, 0.1) is 52.4 Å². The summed E-state index contributed by atoms with van der Waals surface area (Å²) in [4.78, 5) is 0. The standard InChI is InChI=1S/C13H28N.C12H26N.2CHF3O3S/c1-3-5-10-14(11-6-4-2)12-8-7-9-13-14;1-3-5-10-13(9-4-2)11-7-6-8-12-13;2*2-1(3,4)8(5,6)7/h3-13H2,1-2H3;3-12H2,1-2H3;2*(H,5,6,7)/q2*+1;;/p-2. The Morgan fingerprint density at radius 1 is 0.488 bits per heavy atom. The Labute approximate surface area is 255 Å². The number of likely N-dealkylation sites (tertiary alicyclic amines) is 2. The summed E-state index contributed by atoms with van der Waals surface area (Å²) in [5.74, 6) is 0. The van der Waals surface area contributed by atoms with Gasteiger partial charge in [0.2, 0.25) is 0 Å². The molecule has 0 aromatic carbocycles. The largest absolute Gasteiger partial charge is 0.741 e. The normalized spacial score (nSPS) is 18.6. The van der Waals surface area contributed by atoms with Crippen molar-refractivity contribution in [3.63, 3.8) is 0 Å². The highest BCUT2D eigenvalue weighted by molar-refractivity contribution is 7.86. The number of rotatable bonds is 11. The van der Waals surface area contributed by atoms with Gasteiger partial charge in [-0.3, -0.25) is 0 Å². The van der Waals surface area contributed by atoms with E-state index in [-0.39, 0.29) is 0 Å². The van der Waals surface area contributed by atoms with Crippen molar-refractivity contribution < 1.29 is 61.2 Å². The SMILES string of the molecule is CCCC[N+]1(CCC)CCCCC1.CCCC[N+]1(CCCC)CCCCC1.O=S(=O)([O-])C(F)(F)F.O=S(=O)([O-])C(F)(F)F. The van der Waals surface area contributed by atoms with Gasteiger partial charge in [0.25, 0.3) is 0 Å². The molecule has 2 saturated heterocycles. The quantitative estimate of drug-likeness (QED) is 0.102. The minimum absolute atomic E-state index is 1.36. The van der Waals surface area contributed by atoms with E-state index in [2.05, 4.69) is 27.7 Å². The van der Waals surface area contributed by atoms with Gasteiger partial charge >= 0.3 is 11.0 Å². The van der Waals surface area contributed by atoms with Crippen molar-refractivity contribution in [2.75, 3.05) is 52.4 Å². The Bertz CT molecular complexity index is 860. The molecular weight excluding hydrogens is 626 g/mol. The summed E-state index contributed by atoms with van der Waals surface area (Å²) in [6.07, 6.45) is 18.6. The molecule has 2 aliphatic heterocycles. The molecule has 2 aliphatic rings.